The highest BCUT2D eigenvalue weighted by Crippen LogP contribution is 2.46. The quantitative estimate of drug-likeness (QED) is 0.518. The minimum atomic E-state index is -0.725. The van der Waals surface area contributed by atoms with Crippen molar-refractivity contribution in [3.05, 3.63) is 71.9 Å². The Kier molecular flexibility index (Phi) is 4.76. The number of fused-ring (bicyclic) bond motifs is 2. The largest absolute Gasteiger partial charge is 0.451 e. The molecule has 4 aliphatic rings. The molecular formula is C25H28O4. The third-order valence-electron chi connectivity index (χ3n) is 6.86. The van der Waals surface area contributed by atoms with E-state index < -0.39 is 23.1 Å². The maximum atomic E-state index is 13.2. The molecule has 6 atom stereocenters. The van der Waals surface area contributed by atoms with Crippen molar-refractivity contribution in [2.24, 2.45) is 23.7 Å². The van der Waals surface area contributed by atoms with E-state index in [1.54, 1.807) is 0 Å². The van der Waals surface area contributed by atoms with Crippen LogP contribution in [0.5, 0.6) is 0 Å². The second-order valence-corrected chi connectivity index (χ2v) is 8.87. The summed E-state index contributed by atoms with van der Waals surface area (Å²) in [5.41, 5.74) is -0.524. The number of hydrogen-bond donors (Lipinski definition) is 0. The molecule has 4 nitrogen and oxygen atoms in total. The smallest absolute Gasteiger partial charge is 0.336 e. The highest BCUT2D eigenvalue weighted by atomic mass is 16.6. The normalized spacial score (nSPS) is 39.3. The monoisotopic (exact) mass is 392 g/mol. The first kappa shape index (κ1) is 19.7. The fourth-order valence-corrected chi connectivity index (χ4v) is 4.45. The van der Waals surface area contributed by atoms with Gasteiger partial charge in [-0.15, -0.1) is 0 Å². The van der Waals surface area contributed by atoms with E-state index in [0.717, 1.165) is 6.42 Å². The SMILES string of the molecule is CC1C=CC=CC1(C)OC(=O)C1=C(C(=O)OC2(C)C=CC=CC2C)C2C=CC1C2. The predicted octanol–water partition coefficient (Wildman–Crippen LogP) is 4.62. The van der Waals surface area contributed by atoms with Gasteiger partial charge in [0.1, 0.15) is 11.2 Å². The Labute approximate surface area is 172 Å². The number of allylic oxidation sites excluding steroid dienone is 6. The van der Waals surface area contributed by atoms with E-state index >= 15 is 0 Å². The summed E-state index contributed by atoms with van der Waals surface area (Å²) < 4.78 is 11.9. The lowest BCUT2D eigenvalue weighted by Crippen LogP contribution is -2.39. The third kappa shape index (κ3) is 3.35. The van der Waals surface area contributed by atoms with Crippen molar-refractivity contribution in [1.29, 1.82) is 0 Å². The minimum Gasteiger partial charge on any atom is -0.451 e. The molecule has 152 valence electrons. The Morgan fingerprint density at radius 2 is 1.17 bits per heavy atom. The van der Waals surface area contributed by atoms with Gasteiger partial charge in [0, 0.05) is 23.7 Å². The molecule has 29 heavy (non-hydrogen) atoms. The molecule has 0 aromatic carbocycles. The number of rotatable bonds is 4. The van der Waals surface area contributed by atoms with E-state index in [2.05, 4.69) is 0 Å². The van der Waals surface area contributed by atoms with E-state index in [1.807, 2.05) is 88.5 Å². The van der Waals surface area contributed by atoms with Crippen LogP contribution in [0.4, 0.5) is 0 Å². The summed E-state index contributed by atoms with van der Waals surface area (Å²) >= 11 is 0. The highest BCUT2D eigenvalue weighted by Gasteiger charge is 2.46. The number of carbonyl (C=O) groups is 2. The van der Waals surface area contributed by atoms with E-state index in [1.165, 1.54) is 0 Å². The summed E-state index contributed by atoms with van der Waals surface area (Å²) in [7, 11) is 0. The molecule has 0 N–H and O–H groups in total. The molecule has 6 unspecified atom stereocenters. The molecule has 0 aliphatic heterocycles. The van der Waals surface area contributed by atoms with Gasteiger partial charge in [-0.25, -0.2) is 9.59 Å². The zero-order chi connectivity index (χ0) is 20.8. The standard InChI is InChI=1S/C25H28O4/c1-16-9-5-7-13-24(16,3)28-22(26)20-18-11-12-19(15-18)21(20)23(27)29-25(4)14-8-6-10-17(25)2/h5-14,16-19H,15H2,1-4H3. The predicted molar refractivity (Wildman–Crippen MR) is 112 cm³/mol. The molecule has 0 aromatic rings. The van der Waals surface area contributed by atoms with Crippen LogP contribution < -0.4 is 0 Å². The molecule has 0 saturated carbocycles. The van der Waals surface area contributed by atoms with Crippen molar-refractivity contribution >= 4 is 11.9 Å². The van der Waals surface area contributed by atoms with E-state index in [4.69, 9.17) is 9.47 Å². The van der Waals surface area contributed by atoms with Crippen molar-refractivity contribution < 1.29 is 19.1 Å². The van der Waals surface area contributed by atoms with Crippen molar-refractivity contribution in [3.8, 4) is 0 Å². The molecule has 0 fully saturated rings. The fourth-order valence-electron chi connectivity index (χ4n) is 4.45. The lowest BCUT2D eigenvalue weighted by molar-refractivity contribution is -0.155. The first-order chi connectivity index (χ1) is 13.7. The Balaban J connectivity index is 1.60. The summed E-state index contributed by atoms with van der Waals surface area (Å²) in [6, 6.07) is 0. The molecule has 0 heterocycles. The van der Waals surface area contributed by atoms with Crippen LogP contribution in [0.2, 0.25) is 0 Å². The van der Waals surface area contributed by atoms with Gasteiger partial charge < -0.3 is 9.47 Å². The maximum absolute atomic E-state index is 13.2. The van der Waals surface area contributed by atoms with Gasteiger partial charge in [-0.1, -0.05) is 62.5 Å². The van der Waals surface area contributed by atoms with Gasteiger partial charge in [0.2, 0.25) is 0 Å². The number of hydrogen-bond acceptors (Lipinski definition) is 4. The molecule has 0 radical (unpaired) electrons. The molecule has 4 aliphatic carbocycles. The van der Waals surface area contributed by atoms with Crippen molar-refractivity contribution in [3.63, 3.8) is 0 Å². The summed E-state index contributed by atoms with van der Waals surface area (Å²) in [5.74, 6) is -0.880. The highest BCUT2D eigenvalue weighted by molar-refractivity contribution is 6.03. The average molecular weight is 392 g/mol. The number of esters is 2. The van der Waals surface area contributed by atoms with Gasteiger partial charge in [-0.3, -0.25) is 0 Å². The van der Waals surface area contributed by atoms with Crippen LogP contribution in [0, 0.1) is 23.7 Å². The van der Waals surface area contributed by atoms with E-state index in [0.29, 0.717) is 11.1 Å². The maximum Gasteiger partial charge on any atom is 0.336 e. The van der Waals surface area contributed by atoms with Crippen LogP contribution in [-0.2, 0) is 19.1 Å². The first-order valence-electron chi connectivity index (χ1n) is 10.3. The van der Waals surface area contributed by atoms with Crippen molar-refractivity contribution in [1.82, 2.24) is 0 Å². The first-order valence-corrected chi connectivity index (χ1v) is 10.3. The molecule has 0 aromatic heterocycles. The molecule has 0 amide bonds. The minimum absolute atomic E-state index is 0.0560. The zero-order valence-electron chi connectivity index (χ0n) is 17.4. The lowest BCUT2D eigenvalue weighted by Gasteiger charge is -2.34. The third-order valence-corrected chi connectivity index (χ3v) is 6.86. The van der Waals surface area contributed by atoms with Crippen LogP contribution >= 0.6 is 0 Å². The Morgan fingerprint density at radius 1 is 0.759 bits per heavy atom. The number of carbonyl (C=O) groups excluding carboxylic acids is 2. The van der Waals surface area contributed by atoms with Crippen molar-refractivity contribution in [2.45, 2.75) is 45.3 Å². The van der Waals surface area contributed by atoms with Gasteiger partial charge in [-0.2, -0.15) is 0 Å². The summed E-state index contributed by atoms with van der Waals surface area (Å²) in [5, 5.41) is 0. The van der Waals surface area contributed by atoms with Crippen LogP contribution in [0.15, 0.2) is 71.9 Å². The van der Waals surface area contributed by atoms with Crippen LogP contribution in [0.25, 0.3) is 0 Å². The Hall–Kier alpha value is -2.62. The van der Waals surface area contributed by atoms with Crippen molar-refractivity contribution in [2.75, 3.05) is 0 Å². The molecular weight excluding hydrogens is 364 g/mol. The topological polar surface area (TPSA) is 52.6 Å². The second-order valence-electron chi connectivity index (χ2n) is 8.87. The Bertz CT molecular complexity index is 843. The van der Waals surface area contributed by atoms with Gasteiger partial charge in [-0.05, 0) is 32.4 Å². The zero-order valence-corrected chi connectivity index (χ0v) is 17.4. The van der Waals surface area contributed by atoms with Gasteiger partial charge in [0.15, 0.2) is 0 Å². The lowest BCUT2D eigenvalue weighted by atomic mass is 9.86. The molecule has 0 spiro atoms. The van der Waals surface area contributed by atoms with Crippen LogP contribution in [-0.4, -0.2) is 23.1 Å². The average Bonchev–Trinajstić information content (AvgIpc) is 3.28. The molecule has 4 heteroatoms. The Morgan fingerprint density at radius 3 is 1.55 bits per heavy atom. The van der Waals surface area contributed by atoms with E-state index in [9.17, 15) is 9.59 Å². The molecule has 4 rings (SSSR count). The fraction of sp³-hybridized carbons (Fsp3) is 0.440. The molecule has 2 bridgehead atoms. The van der Waals surface area contributed by atoms with Gasteiger partial charge in [0.05, 0.1) is 11.1 Å². The van der Waals surface area contributed by atoms with Gasteiger partial charge >= 0.3 is 11.9 Å². The summed E-state index contributed by atoms with van der Waals surface area (Å²) in [4.78, 5) is 26.4. The van der Waals surface area contributed by atoms with Crippen LogP contribution in [0.1, 0.15) is 34.1 Å². The molecule has 0 saturated heterocycles. The van der Waals surface area contributed by atoms with Gasteiger partial charge in [0.25, 0.3) is 0 Å². The summed E-state index contributed by atoms with van der Waals surface area (Å²) in [6.07, 6.45) is 20.3. The second kappa shape index (κ2) is 7.01. The van der Waals surface area contributed by atoms with E-state index in [-0.39, 0.29) is 23.7 Å². The summed E-state index contributed by atoms with van der Waals surface area (Å²) in [6.45, 7) is 7.84. The number of ether oxygens (including phenoxy) is 2. The van der Waals surface area contributed by atoms with Crippen LogP contribution in [0.3, 0.4) is 0 Å².